The zero-order valence-corrected chi connectivity index (χ0v) is 12.7. The second-order valence-electron chi connectivity index (χ2n) is 5.20. The van der Waals surface area contributed by atoms with Crippen LogP contribution in [0.1, 0.15) is 19.7 Å². The van der Waals surface area contributed by atoms with Gasteiger partial charge in [0, 0.05) is 11.1 Å². The number of aliphatic hydroxyl groups is 1. The number of hydrogen-bond donors (Lipinski definition) is 2. The molecule has 112 valence electrons. The molecular weight excluding hydrogens is 290 g/mol. The molecule has 0 aliphatic carbocycles. The van der Waals surface area contributed by atoms with E-state index in [1.54, 1.807) is 4.57 Å². The average Bonchev–Trinajstić information content (AvgIpc) is 2.90. The Morgan fingerprint density at radius 2 is 1.95 bits per heavy atom. The molecule has 1 heterocycles. The van der Waals surface area contributed by atoms with Crippen LogP contribution in [0.15, 0.2) is 35.5 Å². The van der Waals surface area contributed by atoms with Crippen LogP contribution in [0.4, 0.5) is 0 Å². The first-order valence-corrected chi connectivity index (χ1v) is 7.41. The van der Waals surface area contributed by atoms with E-state index in [1.165, 1.54) is 0 Å². The summed E-state index contributed by atoms with van der Waals surface area (Å²) in [6, 6.07) is 9.46. The van der Waals surface area contributed by atoms with Crippen molar-refractivity contribution in [3.63, 3.8) is 0 Å². The third-order valence-corrected chi connectivity index (χ3v) is 3.89. The molecule has 2 N–H and O–H groups in total. The molecule has 21 heavy (non-hydrogen) atoms. The predicted octanol–water partition coefficient (Wildman–Crippen LogP) is 1.71. The highest BCUT2D eigenvalue weighted by atomic mass is 32.2. The average molecular weight is 307 g/mol. The number of rotatable bonds is 6. The van der Waals surface area contributed by atoms with Crippen molar-refractivity contribution >= 4 is 17.7 Å². The molecule has 0 amide bonds. The zero-order chi connectivity index (χ0) is 15.5. The lowest BCUT2D eigenvalue weighted by molar-refractivity contribution is -0.133. The monoisotopic (exact) mass is 307 g/mol. The van der Waals surface area contributed by atoms with Crippen LogP contribution < -0.4 is 0 Å². The fourth-order valence-electron chi connectivity index (χ4n) is 1.81. The van der Waals surface area contributed by atoms with Gasteiger partial charge in [0.25, 0.3) is 0 Å². The maximum Gasteiger partial charge on any atom is 0.313 e. The Bertz CT molecular complexity index is 626. The molecule has 0 unspecified atom stereocenters. The molecule has 2 rings (SSSR count). The fourth-order valence-corrected chi connectivity index (χ4v) is 2.48. The number of aliphatic carboxylic acids is 1. The van der Waals surface area contributed by atoms with Gasteiger partial charge in [-0.1, -0.05) is 43.8 Å². The number of hydrogen-bond acceptors (Lipinski definition) is 5. The van der Waals surface area contributed by atoms with Crippen LogP contribution in [0.25, 0.3) is 5.69 Å². The highest BCUT2D eigenvalue weighted by molar-refractivity contribution is 7.99. The summed E-state index contributed by atoms with van der Waals surface area (Å²) in [6.45, 7) is 3.64. The van der Waals surface area contributed by atoms with Crippen molar-refractivity contribution in [2.75, 3.05) is 12.4 Å². The largest absolute Gasteiger partial charge is 0.481 e. The van der Waals surface area contributed by atoms with Gasteiger partial charge in [-0.05, 0) is 12.1 Å². The van der Waals surface area contributed by atoms with Gasteiger partial charge in [-0.15, -0.1) is 10.2 Å². The molecular formula is C14H17N3O3S. The van der Waals surface area contributed by atoms with Crippen molar-refractivity contribution in [2.24, 2.45) is 0 Å². The highest BCUT2D eigenvalue weighted by Crippen LogP contribution is 2.28. The lowest BCUT2D eigenvalue weighted by Crippen LogP contribution is -2.26. The molecule has 0 radical (unpaired) electrons. The second-order valence-corrected chi connectivity index (χ2v) is 6.14. The Balaban J connectivity index is 2.50. The van der Waals surface area contributed by atoms with Crippen molar-refractivity contribution < 1.29 is 15.0 Å². The van der Waals surface area contributed by atoms with Gasteiger partial charge in [0.1, 0.15) is 5.82 Å². The number of aliphatic hydroxyl groups excluding tert-OH is 1. The van der Waals surface area contributed by atoms with Crippen LogP contribution in [0.5, 0.6) is 0 Å². The maximum absolute atomic E-state index is 10.8. The number of carboxylic acid groups (broad SMARTS) is 1. The van der Waals surface area contributed by atoms with Crippen LogP contribution in [0.2, 0.25) is 0 Å². The van der Waals surface area contributed by atoms with Crippen molar-refractivity contribution in [1.82, 2.24) is 14.8 Å². The van der Waals surface area contributed by atoms with Crippen molar-refractivity contribution in [3.05, 3.63) is 36.2 Å². The van der Waals surface area contributed by atoms with E-state index >= 15 is 0 Å². The molecule has 0 aliphatic rings. The van der Waals surface area contributed by atoms with E-state index in [9.17, 15) is 9.90 Å². The molecule has 0 spiro atoms. The molecule has 1 aromatic heterocycles. The molecule has 0 saturated heterocycles. The second kappa shape index (κ2) is 6.28. The Kier molecular flexibility index (Phi) is 4.64. The Morgan fingerprint density at radius 1 is 1.29 bits per heavy atom. The number of carboxylic acids is 1. The summed E-state index contributed by atoms with van der Waals surface area (Å²) in [4.78, 5) is 10.8. The van der Waals surface area contributed by atoms with E-state index in [2.05, 4.69) is 10.2 Å². The van der Waals surface area contributed by atoms with Crippen molar-refractivity contribution in [3.8, 4) is 5.69 Å². The van der Waals surface area contributed by atoms with Crippen LogP contribution >= 0.6 is 11.8 Å². The van der Waals surface area contributed by atoms with Crippen molar-refractivity contribution in [1.29, 1.82) is 0 Å². The van der Waals surface area contributed by atoms with E-state index in [0.29, 0.717) is 11.0 Å². The molecule has 2 aromatic rings. The molecule has 0 atom stereocenters. The first-order valence-electron chi connectivity index (χ1n) is 6.42. The number of benzene rings is 1. The highest BCUT2D eigenvalue weighted by Gasteiger charge is 2.29. The van der Waals surface area contributed by atoms with Gasteiger partial charge in [-0.3, -0.25) is 9.36 Å². The minimum absolute atomic E-state index is 0.0818. The van der Waals surface area contributed by atoms with E-state index in [1.807, 2.05) is 44.2 Å². The first-order chi connectivity index (χ1) is 9.95. The lowest BCUT2D eigenvalue weighted by Gasteiger charge is -2.22. The predicted molar refractivity (Wildman–Crippen MR) is 79.8 cm³/mol. The Hall–Kier alpha value is -1.86. The van der Waals surface area contributed by atoms with Crippen LogP contribution in [0, 0.1) is 0 Å². The van der Waals surface area contributed by atoms with Gasteiger partial charge < -0.3 is 10.2 Å². The van der Waals surface area contributed by atoms with E-state index in [4.69, 9.17) is 5.11 Å². The summed E-state index contributed by atoms with van der Waals surface area (Å²) in [7, 11) is 0. The Morgan fingerprint density at radius 3 is 2.52 bits per heavy atom. The maximum atomic E-state index is 10.8. The van der Waals surface area contributed by atoms with Gasteiger partial charge in [-0.25, -0.2) is 0 Å². The smallest absolute Gasteiger partial charge is 0.313 e. The normalized spacial score (nSPS) is 11.6. The third kappa shape index (κ3) is 3.43. The minimum Gasteiger partial charge on any atom is -0.481 e. The first kappa shape index (κ1) is 15.5. The molecule has 0 aliphatic heterocycles. The van der Waals surface area contributed by atoms with Gasteiger partial charge in [-0.2, -0.15) is 0 Å². The Labute approximate surface area is 126 Å². The van der Waals surface area contributed by atoms with Gasteiger partial charge >= 0.3 is 5.97 Å². The number of thioether (sulfide) groups is 1. The third-order valence-electron chi connectivity index (χ3n) is 2.97. The summed E-state index contributed by atoms with van der Waals surface area (Å²) in [6.07, 6.45) is 0. The molecule has 1 aromatic carbocycles. The summed E-state index contributed by atoms with van der Waals surface area (Å²) in [5, 5.41) is 27.1. The number of carbonyl (C=O) groups is 1. The number of aromatic nitrogens is 3. The van der Waals surface area contributed by atoms with Crippen LogP contribution in [0.3, 0.4) is 0 Å². The summed E-state index contributed by atoms with van der Waals surface area (Å²) in [5.74, 6) is -0.403. The molecule has 0 saturated carbocycles. The van der Waals surface area contributed by atoms with Crippen LogP contribution in [-0.2, 0) is 10.2 Å². The van der Waals surface area contributed by atoms with Gasteiger partial charge in [0.2, 0.25) is 0 Å². The number of para-hydroxylation sites is 1. The molecule has 0 fully saturated rings. The van der Waals surface area contributed by atoms with Gasteiger partial charge in [0.05, 0.1) is 12.4 Å². The molecule has 0 bridgehead atoms. The van der Waals surface area contributed by atoms with E-state index in [-0.39, 0.29) is 12.4 Å². The van der Waals surface area contributed by atoms with Gasteiger partial charge in [0.15, 0.2) is 5.16 Å². The standard InChI is InChI=1S/C14H17N3O3S/c1-14(2,9-18)12-15-16-13(21-8-11(19)20)17(12)10-6-4-3-5-7-10/h3-7,18H,8-9H2,1-2H3,(H,19,20). The van der Waals surface area contributed by atoms with E-state index < -0.39 is 11.4 Å². The van der Waals surface area contributed by atoms with Crippen molar-refractivity contribution in [2.45, 2.75) is 24.4 Å². The van der Waals surface area contributed by atoms with Crippen LogP contribution in [-0.4, -0.2) is 43.3 Å². The summed E-state index contributed by atoms with van der Waals surface area (Å²) < 4.78 is 1.80. The fraction of sp³-hybridized carbons (Fsp3) is 0.357. The SMILES string of the molecule is CC(C)(CO)c1nnc(SCC(=O)O)n1-c1ccccc1. The molecule has 7 heteroatoms. The topological polar surface area (TPSA) is 88.2 Å². The lowest BCUT2D eigenvalue weighted by atomic mass is 9.93. The zero-order valence-electron chi connectivity index (χ0n) is 11.9. The minimum atomic E-state index is -0.911. The summed E-state index contributed by atoms with van der Waals surface area (Å²) in [5.41, 5.74) is 0.261. The number of nitrogens with zero attached hydrogens (tertiary/aromatic N) is 3. The van der Waals surface area contributed by atoms with E-state index in [0.717, 1.165) is 17.4 Å². The molecule has 6 nitrogen and oxygen atoms in total. The quantitative estimate of drug-likeness (QED) is 0.790. The summed E-state index contributed by atoms with van der Waals surface area (Å²) >= 11 is 1.11.